The number of carbonyl (C=O) groups excluding carboxylic acids is 1. The van der Waals surface area contributed by atoms with Crippen molar-refractivity contribution in [2.75, 3.05) is 0 Å². The fraction of sp³-hybridized carbons (Fsp3) is 0.200. The zero-order valence-electron chi connectivity index (χ0n) is 11.2. The van der Waals surface area contributed by atoms with Crippen LogP contribution in [0, 0.1) is 13.8 Å². The summed E-state index contributed by atoms with van der Waals surface area (Å²) in [5.41, 5.74) is 5.72. The summed E-state index contributed by atoms with van der Waals surface area (Å²) >= 11 is 0. The van der Waals surface area contributed by atoms with Gasteiger partial charge in [0.2, 0.25) is 0 Å². The third kappa shape index (κ3) is 1.68. The van der Waals surface area contributed by atoms with E-state index in [4.69, 9.17) is 0 Å². The number of hydrogen-bond donors (Lipinski definition) is 0. The summed E-state index contributed by atoms with van der Waals surface area (Å²) in [6.45, 7) is 4.18. The van der Waals surface area contributed by atoms with Gasteiger partial charge in [0.25, 0.3) is 0 Å². The number of aldehydes is 1. The first-order valence-corrected chi connectivity index (χ1v) is 6.18. The first-order valence-electron chi connectivity index (χ1n) is 6.18. The molecule has 96 valence electrons. The van der Waals surface area contributed by atoms with Crippen molar-refractivity contribution >= 4 is 11.9 Å². The van der Waals surface area contributed by atoms with E-state index in [1.807, 2.05) is 29.9 Å². The summed E-state index contributed by atoms with van der Waals surface area (Å²) in [5.74, 6) is 0. The fourth-order valence-electron chi connectivity index (χ4n) is 2.35. The third-order valence-electron chi connectivity index (χ3n) is 3.69. The Labute approximate surface area is 111 Å². The molecule has 0 saturated heterocycles. The van der Waals surface area contributed by atoms with Crippen LogP contribution in [-0.2, 0) is 7.05 Å². The van der Waals surface area contributed by atoms with Crippen molar-refractivity contribution in [3.8, 4) is 11.4 Å². The minimum absolute atomic E-state index is 0.608. The number of nitrogens with zero attached hydrogens (tertiary/aromatic N) is 3. The van der Waals surface area contributed by atoms with Crippen molar-refractivity contribution in [1.29, 1.82) is 0 Å². The van der Waals surface area contributed by atoms with E-state index in [-0.39, 0.29) is 0 Å². The number of aryl methyl sites for hydroxylation is 1. The summed E-state index contributed by atoms with van der Waals surface area (Å²) in [6, 6.07) is 5.75. The maximum absolute atomic E-state index is 11.0. The van der Waals surface area contributed by atoms with Crippen LogP contribution in [-0.4, -0.2) is 20.2 Å². The topological polar surface area (TPSA) is 39.3 Å². The van der Waals surface area contributed by atoms with Crippen LogP contribution in [0.2, 0.25) is 0 Å². The van der Waals surface area contributed by atoms with Crippen LogP contribution in [0.25, 0.3) is 17.0 Å². The molecule has 3 aromatic heterocycles. The number of fused-ring (bicyclic) bond motifs is 1. The van der Waals surface area contributed by atoms with E-state index in [1.165, 1.54) is 11.3 Å². The molecule has 0 saturated carbocycles. The zero-order valence-corrected chi connectivity index (χ0v) is 11.2. The summed E-state index contributed by atoms with van der Waals surface area (Å²) in [5, 5.41) is 0. The van der Waals surface area contributed by atoms with Gasteiger partial charge in [0.1, 0.15) is 11.3 Å². The van der Waals surface area contributed by atoms with Gasteiger partial charge in [0.15, 0.2) is 6.29 Å². The van der Waals surface area contributed by atoms with Crippen molar-refractivity contribution in [1.82, 2.24) is 14.0 Å². The molecule has 3 rings (SSSR count). The molecular weight excluding hydrogens is 238 g/mol. The van der Waals surface area contributed by atoms with Crippen molar-refractivity contribution in [3.63, 3.8) is 0 Å². The van der Waals surface area contributed by atoms with Crippen LogP contribution in [0.1, 0.15) is 21.6 Å². The zero-order chi connectivity index (χ0) is 13.6. The first kappa shape index (κ1) is 11.7. The number of hydrogen-bond acceptors (Lipinski definition) is 2. The van der Waals surface area contributed by atoms with E-state index in [0.717, 1.165) is 17.7 Å². The Kier molecular flexibility index (Phi) is 2.52. The van der Waals surface area contributed by atoms with Crippen molar-refractivity contribution in [2.24, 2.45) is 7.05 Å². The van der Waals surface area contributed by atoms with E-state index < -0.39 is 0 Å². The van der Waals surface area contributed by atoms with Crippen LogP contribution in [0.4, 0.5) is 0 Å². The Balaban J connectivity index is 2.26. The van der Waals surface area contributed by atoms with E-state index in [2.05, 4.69) is 29.5 Å². The van der Waals surface area contributed by atoms with Crippen LogP contribution >= 0.6 is 0 Å². The van der Waals surface area contributed by atoms with Crippen LogP contribution in [0.3, 0.4) is 0 Å². The van der Waals surface area contributed by atoms with Gasteiger partial charge in [-0.05, 0) is 37.6 Å². The van der Waals surface area contributed by atoms with Gasteiger partial charge in [0.05, 0.1) is 11.3 Å². The van der Waals surface area contributed by atoms with E-state index in [1.54, 1.807) is 6.07 Å². The molecule has 3 heterocycles. The first-order chi connectivity index (χ1) is 9.11. The maximum Gasteiger partial charge on any atom is 0.153 e. The van der Waals surface area contributed by atoms with E-state index in [0.29, 0.717) is 11.2 Å². The Morgan fingerprint density at radius 1 is 1.32 bits per heavy atom. The Bertz CT molecular complexity index is 780. The van der Waals surface area contributed by atoms with Gasteiger partial charge >= 0.3 is 0 Å². The quantitative estimate of drug-likeness (QED) is 0.659. The Morgan fingerprint density at radius 3 is 2.74 bits per heavy atom. The number of aromatic nitrogens is 3. The minimum atomic E-state index is 0.608. The predicted molar refractivity (Wildman–Crippen MR) is 74.5 cm³/mol. The molecule has 0 fully saturated rings. The van der Waals surface area contributed by atoms with Crippen molar-refractivity contribution in [2.45, 2.75) is 13.8 Å². The lowest BCUT2D eigenvalue weighted by Crippen LogP contribution is -1.94. The molecule has 0 unspecified atom stereocenters. The molecule has 4 heteroatoms. The molecular formula is C15H15N3O. The van der Waals surface area contributed by atoms with Crippen LogP contribution in [0.15, 0.2) is 30.6 Å². The van der Waals surface area contributed by atoms with Gasteiger partial charge in [-0.1, -0.05) is 0 Å². The maximum atomic E-state index is 11.0. The Hall–Kier alpha value is -2.36. The summed E-state index contributed by atoms with van der Waals surface area (Å²) in [6.07, 6.45) is 4.70. The molecule has 0 aliphatic heterocycles. The van der Waals surface area contributed by atoms with Gasteiger partial charge in [-0.2, -0.15) is 0 Å². The van der Waals surface area contributed by atoms with Gasteiger partial charge in [-0.3, -0.25) is 4.79 Å². The molecule has 0 aromatic carbocycles. The predicted octanol–water partition coefficient (Wildman–Crippen LogP) is 2.77. The largest absolute Gasteiger partial charge is 0.346 e. The second-order valence-electron chi connectivity index (χ2n) is 4.80. The summed E-state index contributed by atoms with van der Waals surface area (Å²) in [7, 11) is 2.03. The van der Waals surface area contributed by atoms with Crippen LogP contribution in [0.5, 0.6) is 0 Å². The van der Waals surface area contributed by atoms with Crippen molar-refractivity contribution in [3.05, 3.63) is 47.4 Å². The second-order valence-corrected chi connectivity index (χ2v) is 4.80. The number of rotatable bonds is 2. The fourth-order valence-corrected chi connectivity index (χ4v) is 2.35. The lowest BCUT2D eigenvalue weighted by atomic mass is 10.2. The SMILES string of the molecule is Cc1cc(-c2cn3cccc(C=O)c3n2)n(C)c1C. The number of imidazole rings is 1. The molecule has 0 N–H and O–H groups in total. The highest BCUT2D eigenvalue weighted by Gasteiger charge is 2.12. The molecule has 0 spiro atoms. The van der Waals surface area contributed by atoms with E-state index >= 15 is 0 Å². The molecule has 0 aliphatic rings. The number of pyridine rings is 1. The molecule has 0 amide bonds. The highest BCUT2D eigenvalue weighted by Crippen LogP contribution is 2.24. The smallest absolute Gasteiger partial charge is 0.153 e. The lowest BCUT2D eigenvalue weighted by molar-refractivity contribution is 0.112. The molecule has 0 atom stereocenters. The third-order valence-corrected chi connectivity index (χ3v) is 3.69. The number of carbonyl (C=O) groups is 1. The average molecular weight is 253 g/mol. The average Bonchev–Trinajstić information content (AvgIpc) is 2.95. The Morgan fingerprint density at radius 2 is 2.11 bits per heavy atom. The molecule has 0 bridgehead atoms. The van der Waals surface area contributed by atoms with Gasteiger partial charge in [-0.25, -0.2) is 4.98 Å². The van der Waals surface area contributed by atoms with Crippen LogP contribution < -0.4 is 0 Å². The highest BCUT2D eigenvalue weighted by atomic mass is 16.1. The lowest BCUT2D eigenvalue weighted by Gasteiger charge is -2.01. The molecule has 0 aliphatic carbocycles. The molecule has 3 aromatic rings. The molecule has 0 radical (unpaired) electrons. The van der Waals surface area contributed by atoms with Gasteiger partial charge < -0.3 is 8.97 Å². The molecule has 19 heavy (non-hydrogen) atoms. The monoisotopic (exact) mass is 253 g/mol. The summed E-state index contributed by atoms with van der Waals surface area (Å²) < 4.78 is 4.01. The van der Waals surface area contributed by atoms with Gasteiger partial charge in [0, 0.05) is 25.1 Å². The molecule has 4 nitrogen and oxygen atoms in total. The standard InChI is InChI=1S/C15H15N3O/c1-10-7-14(17(3)11(10)2)13-8-18-6-4-5-12(9-19)15(18)16-13/h4-9H,1-3H3. The van der Waals surface area contributed by atoms with Crippen molar-refractivity contribution < 1.29 is 4.79 Å². The van der Waals surface area contributed by atoms with E-state index in [9.17, 15) is 4.79 Å². The summed E-state index contributed by atoms with van der Waals surface area (Å²) in [4.78, 5) is 15.6. The normalized spacial score (nSPS) is 11.1. The highest BCUT2D eigenvalue weighted by molar-refractivity contribution is 5.84. The van der Waals surface area contributed by atoms with Gasteiger partial charge in [-0.15, -0.1) is 0 Å². The minimum Gasteiger partial charge on any atom is -0.346 e. The second kappa shape index (κ2) is 4.09.